The molecule has 2 aliphatic heterocycles. The second-order valence-corrected chi connectivity index (χ2v) is 9.76. The molecule has 1 aromatic heterocycles. The number of aromatic nitrogens is 1. The monoisotopic (exact) mass is 474 g/mol. The van der Waals surface area contributed by atoms with Crippen LogP contribution in [-0.4, -0.2) is 65.9 Å². The highest BCUT2D eigenvalue weighted by atomic mass is 16.3. The largest absolute Gasteiger partial charge is 0.436 e. The highest BCUT2D eigenvalue weighted by Crippen LogP contribution is 2.26. The Morgan fingerprint density at radius 2 is 1.74 bits per heavy atom. The number of carbonyl (C=O) groups is 2. The molecule has 2 aliphatic rings. The average Bonchev–Trinajstić information content (AvgIpc) is 3.33. The average molecular weight is 475 g/mol. The molecule has 5 rings (SSSR count). The Hall–Kier alpha value is -3.19. The molecule has 184 valence electrons. The first kappa shape index (κ1) is 23.5. The summed E-state index contributed by atoms with van der Waals surface area (Å²) in [5, 5.41) is 3.09. The maximum absolute atomic E-state index is 13.1. The highest BCUT2D eigenvalue weighted by molar-refractivity contribution is 5.97. The molecule has 7 heteroatoms. The van der Waals surface area contributed by atoms with Gasteiger partial charge >= 0.3 is 0 Å². The third-order valence-corrected chi connectivity index (χ3v) is 7.23. The summed E-state index contributed by atoms with van der Waals surface area (Å²) in [6.45, 7) is 5.34. The van der Waals surface area contributed by atoms with E-state index in [-0.39, 0.29) is 11.8 Å². The van der Waals surface area contributed by atoms with E-state index in [2.05, 4.69) is 15.2 Å². The normalized spacial score (nSPS) is 17.5. The molecule has 0 radical (unpaired) electrons. The van der Waals surface area contributed by atoms with Crippen molar-refractivity contribution in [3.05, 3.63) is 54.1 Å². The summed E-state index contributed by atoms with van der Waals surface area (Å²) < 4.78 is 5.87. The lowest BCUT2D eigenvalue weighted by Gasteiger charge is -2.32. The molecule has 0 atom stereocenters. The number of piperidine rings is 2. The number of amides is 2. The van der Waals surface area contributed by atoms with Crippen LogP contribution >= 0.6 is 0 Å². The molecule has 1 N–H and O–H groups in total. The number of rotatable bonds is 7. The van der Waals surface area contributed by atoms with Crippen LogP contribution in [0.15, 0.2) is 52.9 Å². The van der Waals surface area contributed by atoms with Crippen LogP contribution in [0, 0.1) is 5.92 Å². The van der Waals surface area contributed by atoms with Crippen molar-refractivity contribution in [1.29, 1.82) is 0 Å². The predicted molar refractivity (Wildman–Crippen MR) is 136 cm³/mol. The Morgan fingerprint density at radius 3 is 2.51 bits per heavy atom. The molecule has 7 nitrogen and oxygen atoms in total. The van der Waals surface area contributed by atoms with Crippen LogP contribution in [0.25, 0.3) is 22.6 Å². The number of nitrogens with zero attached hydrogens (tertiary/aromatic N) is 3. The van der Waals surface area contributed by atoms with Crippen molar-refractivity contribution in [3.63, 3.8) is 0 Å². The van der Waals surface area contributed by atoms with E-state index in [4.69, 9.17) is 4.42 Å². The van der Waals surface area contributed by atoms with E-state index in [0.29, 0.717) is 48.0 Å². The van der Waals surface area contributed by atoms with Crippen LogP contribution in [0.4, 0.5) is 0 Å². The van der Waals surface area contributed by atoms with Crippen molar-refractivity contribution in [3.8, 4) is 11.5 Å². The predicted octanol–water partition coefficient (Wildman–Crippen LogP) is 4.34. The Kier molecular flexibility index (Phi) is 7.42. The minimum absolute atomic E-state index is 0.0144. The third kappa shape index (κ3) is 5.90. The van der Waals surface area contributed by atoms with Gasteiger partial charge in [-0.3, -0.25) is 9.59 Å². The zero-order chi connectivity index (χ0) is 24.0. The topological polar surface area (TPSA) is 78.7 Å². The minimum atomic E-state index is 0.0144. The second kappa shape index (κ2) is 11.0. The van der Waals surface area contributed by atoms with E-state index in [1.165, 1.54) is 19.3 Å². The van der Waals surface area contributed by atoms with Gasteiger partial charge < -0.3 is 19.5 Å². The molecule has 0 bridgehead atoms. The number of carbonyl (C=O) groups excluding carboxylic acids is 2. The summed E-state index contributed by atoms with van der Waals surface area (Å²) in [7, 11) is 0. The standard InChI is InChI=1S/C28H34N4O3/c33-26(29-13-18-31-14-5-2-6-15-31)19-21-11-16-32(17-12-21)28(34)23-9-10-25-24(20-23)30-27(35-25)22-7-3-1-4-8-22/h1,3-4,7-10,20-21H,2,5-6,11-19H2,(H,29,33). The van der Waals surface area contributed by atoms with Gasteiger partial charge in [-0.1, -0.05) is 24.6 Å². The first-order chi connectivity index (χ1) is 17.2. The van der Waals surface area contributed by atoms with E-state index < -0.39 is 0 Å². The van der Waals surface area contributed by atoms with Crippen LogP contribution in [0.5, 0.6) is 0 Å². The number of hydrogen-bond acceptors (Lipinski definition) is 5. The molecule has 2 fully saturated rings. The summed E-state index contributed by atoms with van der Waals surface area (Å²) in [6.07, 6.45) is 6.13. The Bertz CT molecular complexity index is 1150. The number of oxazole rings is 1. The Morgan fingerprint density at radius 1 is 0.971 bits per heavy atom. The zero-order valence-corrected chi connectivity index (χ0v) is 20.2. The van der Waals surface area contributed by atoms with Gasteiger partial charge in [0.1, 0.15) is 5.52 Å². The molecule has 0 saturated carbocycles. The van der Waals surface area contributed by atoms with Crippen molar-refractivity contribution in [2.24, 2.45) is 5.92 Å². The number of hydrogen-bond donors (Lipinski definition) is 1. The van der Waals surface area contributed by atoms with E-state index in [9.17, 15) is 9.59 Å². The fourth-order valence-corrected chi connectivity index (χ4v) is 5.16. The number of fused-ring (bicyclic) bond motifs is 1. The van der Waals surface area contributed by atoms with Crippen LogP contribution < -0.4 is 5.32 Å². The van der Waals surface area contributed by atoms with Gasteiger partial charge in [0.15, 0.2) is 5.58 Å². The first-order valence-corrected chi connectivity index (χ1v) is 12.9. The van der Waals surface area contributed by atoms with Gasteiger partial charge in [-0.25, -0.2) is 4.98 Å². The summed E-state index contributed by atoms with van der Waals surface area (Å²) >= 11 is 0. The van der Waals surface area contributed by atoms with Gasteiger partial charge in [-0.2, -0.15) is 0 Å². The lowest BCUT2D eigenvalue weighted by Crippen LogP contribution is -2.41. The van der Waals surface area contributed by atoms with Crippen LogP contribution in [-0.2, 0) is 4.79 Å². The molecule has 0 aliphatic carbocycles. The Balaban J connectivity index is 1.10. The summed E-state index contributed by atoms with van der Waals surface area (Å²) in [5.74, 6) is 1.04. The van der Waals surface area contributed by atoms with E-state index >= 15 is 0 Å². The lowest BCUT2D eigenvalue weighted by atomic mass is 9.93. The van der Waals surface area contributed by atoms with E-state index in [1.54, 1.807) is 0 Å². The van der Waals surface area contributed by atoms with Gasteiger partial charge in [-0.15, -0.1) is 0 Å². The quantitative estimate of drug-likeness (QED) is 0.551. The van der Waals surface area contributed by atoms with Gasteiger partial charge in [0, 0.05) is 43.7 Å². The van der Waals surface area contributed by atoms with Crippen molar-refractivity contribution < 1.29 is 14.0 Å². The minimum Gasteiger partial charge on any atom is -0.436 e. The SMILES string of the molecule is O=C(CC1CCN(C(=O)c2ccc3oc(-c4ccccc4)nc3c2)CC1)NCCN1CCCCC1. The lowest BCUT2D eigenvalue weighted by molar-refractivity contribution is -0.122. The van der Waals surface area contributed by atoms with Gasteiger partial charge in [0.25, 0.3) is 5.91 Å². The second-order valence-electron chi connectivity index (χ2n) is 9.76. The molecule has 3 heterocycles. The molecule has 2 saturated heterocycles. The number of likely N-dealkylation sites (tertiary alicyclic amines) is 2. The molecule has 2 amide bonds. The van der Waals surface area contributed by atoms with Crippen molar-refractivity contribution >= 4 is 22.9 Å². The van der Waals surface area contributed by atoms with Crippen molar-refractivity contribution in [2.45, 2.75) is 38.5 Å². The summed E-state index contributed by atoms with van der Waals surface area (Å²) in [6, 6.07) is 15.2. The fraction of sp³-hybridized carbons (Fsp3) is 0.464. The summed E-state index contributed by atoms with van der Waals surface area (Å²) in [5.41, 5.74) is 2.89. The van der Waals surface area contributed by atoms with E-state index in [1.807, 2.05) is 53.4 Å². The number of nitrogens with one attached hydrogen (secondary N) is 1. The first-order valence-electron chi connectivity index (χ1n) is 12.9. The molecule has 0 unspecified atom stereocenters. The van der Waals surface area contributed by atoms with Gasteiger partial charge in [-0.05, 0) is 75.0 Å². The highest BCUT2D eigenvalue weighted by Gasteiger charge is 2.25. The molecular weight excluding hydrogens is 440 g/mol. The maximum atomic E-state index is 13.1. The fourth-order valence-electron chi connectivity index (χ4n) is 5.16. The third-order valence-electron chi connectivity index (χ3n) is 7.23. The molecule has 0 spiro atoms. The Labute approximate surface area is 206 Å². The van der Waals surface area contributed by atoms with Gasteiger partial charge in [0.2, 0.25) is 11.8 Å². The van der Waals surface area contributed by atoms with Crippen LogP contribution in [0.3, 0.4) is 0 Å². The number of benzene rings is 2. The molecule has 3 aromatic rings. The van der Waals surface area contributed by atoms with E-state index in [0.717, 1.165) is 44.6 Å². The van der Waals surface area contributed by atoms with Crippen LogP contribution in [0.1, 0.15) is 48.9 Å². The van der Waals surface area contributed by atoms with Gasteiger partial charge in [0.05, 0.1) is 0 Å². The smallest absolute Gasteiger partial charge is 0.253 e. The summed E-state index contributed by atoms with van der Waals surface area (Å²) in [4.78, 5) is 34.4. The molecule has 35 heavy (non-hydrogen) atoms. The van der Waals surface area contributed by atoms with Crippen molar-refractivity contribution in [1.82, 2.24) is 20.1 Å². The molecule has 2 aromatic carbocycles. The van der Waals surface area contributed by atoms with Crippen molar-refractivity contribution in [2.75, 3.05) is 39.3 Å². The van der Waals surface area contributed by atoms with Crippen LogP contribution in [0.2, 0.25) is 0 Å². The zero-order valence-electron chi connectivity index (χ0n) is 20.2. The maximum Gasteiger partial charge on any atom is 0.253 e. The molecular formula is C28H34N4O3.